The summed E-state index contributed by atoms with van der Waals surface area (Å²) in [4.78, 5) is 25.6. The van der Waals surface area contributed by atoms with Gasteiger partial charge in [-0.1, -0.05) is 0 Å². The van der Waals surface area contributed by atoms with Crippen molar-refractivity contribution in [1.82, 2.24) is 0 Å². The molecule has 0 spiro atoms. The molecule has 0 aliphatic heterocycles. The summed E-state index contributed by atoms with van der Waals surface area (Å²) in [6.45, 7) is 0. The standard InChI is InChI=1S/C18H6F2O2S2/c19-15-3-7-1-9-11(5-13(7)23-15)18(22)10-2-8-4-16(20)24-14(8)6-12(10)17(9)21/h1-6H. The molecule has 6 heteroatoms. The molecule has 2 nitrogen and oxygen atoms in total. The van der Waals surface area contributed by atoms with Crippen LogP contribution in [-0.2, 0) is 0 Å². The Hall–Kier alpha value is -2.44. The van der Waals surface area contributed by atoms with Crippen LogP contribution < -0.4 is 0 Å². The maximum atomic E-state index is 13.5. The summed E-state index contributed by atoms with van der Waals surface area (Å²) in [5, 5.41) is 0.481. The van der Waals surface area contributed by atoms with Gasteiger partial charge in [0.1, 0.15) is 0 Å². The summed E-state index contributed by atoms with van der Waals surface area (Å²) < 4.78 is 28.2. The third-order valence-corrected chi connectivity index (χ3v) is 6.00. The zero-order chi connectivity index (χ0) is 16.6. The first-order valence-corrected chi connectivity index (χ1v) is 8.70. The van der Waals surface area contributed by atoms with Crippen molar-refractivity contribution in [2.75, 3.05) is 0 Å². The topological polar surface area (TPSA) is 34.1 Å². The van der Waals surface area contributed by atoms with Crippen molar-refractivity contribution in [2.24, 2.45) is 0 Å². The zero-order valence-electron chi connectivity index (χ0n) is 11.9. The molecule has 4 aromatic rings. The summed E-state index contributed by atoms with van der Waals surface area (Å²) in [6, 6.07) is 8.97. The lowest BCUT2D eigenvalue weighted by Crippen LogP contribution is -2.20. The first kappa shape index (κ1) is 13.9. The van der Waals surface area contributed by atoms with Gasteiger partial charge in [0.25, 0.3) is 0 Å². The predicted molar refractivity (Wildman–Crippen MR) is 90.4 cm³/mol. The minimum Gasteiger partial charge on any atom is -0.289 e. The van der Waals surface area contributed by atoms with Gasteiger partial charge in [-0.2, -0.15) is 8.78 Å². The number of hydrogen-bond acceptors (Lipinski definition) is 4. The third kappa shape index (κ3) is 1.78. The fourth-order valence-electron chi connectivity index (χ4n) is 3.15. The van der Waals surface area contributed by atoms with Gasteiger partial charge < -0.3 is 0 Å². The van der Waals surface area contributed by atoms with E-state index >= 15 is 0 Å². The Kier molecular flexibility index (Phi) is 2.65. The Bertz CT molecular complexity index is 1030. The Labute approximate surface area is 142 Å². The maximum absolute atomic E-state index is 13.5. The molecule has 116 valence electrons. The van der Waals surface area contributed by atoms with Crippen LogP contribution in [0.2, 0.25) is 0 Å². The van der Waals surface area contributed by atoms with Gasteiger partial charge in [-0.05, 0) is 47.2 Å². The highest BCUT2D eigenvalue weighted by Gasteiger charge is 2.31. The summed E-state index contributed by atoms with van der Waals surface area (Å²) in [7, 11) is 0. The monoisotopic (exact) mass is 356 g/mol. The van der Waals surface area contributed by atoms with Crippen molar-refractivity contribution in [3.8, 4) is 0 Å². The summed E-state index contributed by atoms with van der Waals surface area (Å²) in [6.07, 6.45) is 0. The van der Waals surface area contributed by atoms with Crippen molar-refractivity contribution in [3.63, 3.8) is 0 Å². The van der Waals surface area contributed by atoms with Crippen LogP contribution in [0.5, 0.6) is 0 Å². The van der Waals surface area contributed by atoms with Crippen LogP contribution in [-0.4, -0.2) is 11.6 Å². The van der Waals surface area contributed by atoms with Gasteiger partial charge in [-0.15, -0.1) is 22.7 Å². The molecular weight excluding hydrogens is 350 g/mol. The second kappa shape index (κ2) is 4.55. The lowest BCUT2D eigenvalue weighted by molar-refractivity contribution is 0.0979. The molecule has 0 N–H and O–H groups in total. The molecule has 0 fully saturated rings. The molecule has 2 aromatic carbocycles. The molecule has 5 rings (SSSR count). The predicted octanol–water partition coefficient (Wildman–Crippen LogP) is 5.17. The molecule has 0 amide bonds. The maximum Gasteiger partial charge on any atom is 0.194 e. The van der Waals surface area contributed by atoms with Gasteiger partial charge in [0, 0.05) is 31.7 Å². The van der Waals surface area contributed by atoms with E-state index in [0.717, 1.165) is 22.7 Å². The van der Waals surface area contributed by atoms with Crippen LogP contribution in [0.3, 0.4) is 0 Å². The molecule has 2 heterocycles. The summed E-state index contributed by atoms with van der Waals surface area (Å²) in [5.41, 5.74) is 1.09. The minimum atomic E-state index is -0.360. The smallest absolute Gasteiger partial charge is 0.194 e. The third-order valence-electron chi connectivity index (χ3n) is 4.23. The van der Waals surface area contributed by atoms with Crippen molar-refractivity contribution in [1.29, 1.82) is 0 Å². The second-order valence-electron chi connectivity index (χ2n) is 5.63. The van der Waals surface area contributed by atoms with Gasteiger partial charge in [0.2, 0.25) is 0 Å². The van der Waals surface area contributed by atoms with Gasteiger partial charge >= 0.3 is 0 Å². The number of rotatable bonds is 0. The van der Waals surface area contributed by atoms with E-state index in [0.29, 0.717) is 20.2 Å². The highest BCUT2D eigenvalue weighted by Crippen LogP contribution is 2.36. The molecule has 0 saturated heterocycles. The highest BCUT2D eigenvalue weighted by molar-refractivity contribution is 7.17. The molecule has 0 bridgehead atoms. The Morgan fingerprint density at radius 2 is 0.958 bits per heavy atom. The van der Waals surface area contributed by atoms with E-state index in [2.05, 4.69) is 0 Å². The number of fused-ring (bicyclic) bond motifs is 4. The molecule has 0 saturated carbocycles. The van der Waals surface area contributed by atoms with Crippen molar-refractivity contribution in [2.45, 2.75) is 0 Å². The van der Waals surface area contributed by atoms with Crippen LogP contribution in [0.15, 0.2) is 36.4 Å². The number of carbonyl (C=O) groups excluding carboxylic acids is 2. The Balaban J connectivity index is 1.83. The van der Waals surface area contributed by atoms with E-state index in [1.54, 1.807) is 24.3 Å². The van der Waals surface area contributed by atoms with Crippen LogP contribution in [0.1, 0.15) is 31.8 Å². The fraction of sp³-hybridized carbons (Fsp3) is 0. The molecule has 1 aliphatic carbocycles. The summed E-state index contributed by atoms with van der Waals surface area (Å²) in [5.74, 6) is -0.576. The van der Waals surface area contributed by atoms with Crippen LogP contribution >= 0.6 is 22.7 Å². The van der Waals surface area contributed by atoms with E-state index in [1.165, 1.54) is 12.1 Å². The van der Waals surface area contributed by atoms with E-state index < -0.39 is 0 Å². The van der Waals surface area contributed by atoms with Crippen LogP contribution in [0, 0.1) is 10.3 Å². The quantitative estimate of drug-likeness (QED) is 0.384. The van der Waals surface area contributed by atoms with Crippen molar-refractivity contribution in [3.05, 3.63) is 68.9 Å². The number of hydrogen-bond donors (Lipinski definition) is 0. The lowest BCUT2D eigenvalue weighted by Gasteiger charge is -2.17. The average Bonchev–Trinajstić information content (AvgIpc) is 3.09. The van der Waals surface area contributed by atoms with E-state index in [4.69, 9.17) is 0 Å². The van der Waals surface area contributed by atoms with Gasteiger partial charge in [0.05, 0.1) is 0 Å². The van der Waals surface area contributed by atoms with Crippen molar-refractivity contribution >= 4 is 54.4 Å². The Morgan fingerprint density at radius 3 is 1.38 bits per heavy atom. The molecule has 0 radical (unpaired) electrons. The minimum absolute atomic E-state index is 0.272. The lowest BCUT2D eigenvalue weighted by atomic mass is 9.83. The number of thiophene rings is 2. The first-order chi connectivity index (χ1) is 11.5. The molecule has 1 aliphatic rings. The Morgan fingerprint density at radius 1 is 0.583 bits per heavy atom. The van der Waals surface area contributed by atoms with Gasteiger partial charge in [-0.25, -0.2) is 0 Å². The normalized spacial score (nSPS) is 13.6. The number of ketones is 2. The van der Waals surface area contributed by atoms with E-state index in [-0.39, 0.29) is 44.1 Å². The van der Waals surface area contributed by atoms with Crippen LogP contribution in [0.25, 0.3) is 20.2 Å². The number of benzene rings is 2. The van der Waals surface area contributed by atoms with Crippen molar-refractivity contribution < 1.29 is 18.4 Å². The van der Waals surface area contributed by atoms with E-state index in [1.807, 2.05) is 0 Å². The molecule has 0 unspecified atom stereocenters. The summed E-state index contributed by atoms with van der Waals surface area (Å²) >= 11 is 1.87. The number of carbonyl (C=O) groups is 2. The first-order valence-electron chi connectivity index (χ1n) is 7.07. The van der Waals surface area contributed by atoms with Crippen LogP contribution in [0.4, 0.5) is 8.78 Å². The largest absolute Gasteiger partial charge is 0.289 e. The molecule has 24 heavy (non-hydrogen) atoms. The zero-order valence-corrected chi connectivity index (χ0v) is 13.5. The molecule has 0 atom stereocenters. The molecular formula is C18H6F2O2S2. The molecule has 2 aromatic heterocycles. The highest BCUT2D eigenvalue weighted by atomic mass is 32.1. The van der Waals surface area contributed by atoms with Gasteiger partial charge in [0.15, 0.2) is 21.8 Å². The second-order valence-corrected chi connectivity index (χ2v) is 7.70. The van der Waals surface area contributed by atoms with E-state index in [9.17, 15) is 18.4 Å². The average molecular weight is 356 g/mol. The van der Waals surface area contributed by atoms with Gasteiger partial charge in [-0.3, -0.25) is 9.59 Å². The number of halogens is 2. The SMILES string of the molecule is O=C1c2cc3cc(F)sc3cc2C(=O)c2cc3cc(F)sc3cc21. The fourth-order valence-corrected chi connectivity index (χ4v) is 4.77.